The third-order valence-corrected chi connectivity index (χ3v) is 9.03. The minimum atomic E-state index is -3.69. The van der Waals surface area contributed by atoms with Crippen molar-refractivity contribution in [2.24, 2.45) is 0 Å². The molecule has 0 radical (unpaired) electrons. The number of carbonyl (C=O) groups excluding carboxylic acids is 1. The zero-order valence-electron chi connectivity index (χ0n) is 16.8. The number of piperazine rings is 1. The summed E-state index contributed by atoms with van der Waals surface area (Å²) in [5.41, 5.74) is 0.771. The van der Waals surface area contributed by atoms with Gasteiger partial charge in [-0.25, -0.2) is 8.42 Å². The van der Waals surface area contributed by atoms with Crippen molar-refractivity contribution in [3.05, 3.63) is 49.8 Å². The number of sulfonamides is 1. The number of thiophene rings is 1. The zero-order chi connectivity index (χ0) is 21.5. The highest BCUT2D eigenvalue weighted by Gasteiger charge is 2.31. The first-order valence-electron chi connectivity index (χ1n) is 9.80. The van der Waals surface area contributed by atoms with Gasteiger partial charge in [0.05, 0.1) is 20.0 Å². The van der Waals surface area contributed by atoms with Gasteiger partial charge in [0.15, 0.2) is 0 Å². The van der Waals surface area contributed by atoms with E-state index < -0.39 is 10.0 Å². The van der Waals surface area contributed by atoms with Crippen LogP contribution in [-0.4, -0.2) is 54.3 Å². The molecule has 0 saturated carbocycles. The van der Waals surface area contributed by atoms with E-state index >= 15 is 0 Å². The normalized spacial score (nSPS) is 15.7. The summed E-state index contributed by atoms with van der Waals surface area (Å²) in [6.45, 7) is 5.79. The summed E-state index contributed by atoms with van der Waals surface area (Å²) in [7, 11) is -3.69. The zero-order valence-corrected chi connectivity index (χ0v) is 19.3. The fraction of sp³-hybridized carbons (Fsp3) is 0.400. The Morgan fingerprint density at radius 3 is 2.43 bits per heavy atom. The minimum absolute atomic E-state index is 0.0476. The third kappa shape index (κ3) is 3.84. The van der Waals surface area contributed by atoms with Crippen LogP contribution in [0.4, 0.5) is 0 Å². The molecule has 1 aliphatic heterocycles. The second-order valence-electron chi connectivity index (χ2n) is 7.26. The largest absolute Gasteiger partial charge is 0.335 e. The molecule has 1 fully saturated rings. The van der Waals surface area contributed by atoms with Crippen molar-refractivity contribution < 1.29 is 13.2 Å². The highest BCUT2D eigenvalue weighted by Crippen LogP contribution is 2.25. The standard InChI is InChI=1S/C20H23N3O4S3/c1-3-8-23-16-6-5-15(13-18(16)29-20(23)25)30(26,27)22-11-9-21(10-12-22)19(24)17-7-4-14(2)28-17/h4-7,13H,3,8-12H2,1-2H3. The number of amides is 1. The van der Waals surface area contributed by atoms with Crippen LogP contribution in [0, 0.1) is 6.92 Å². The summed E-state index contributed by atoms with van der Waals surface area (Å²) >= 11 is 2.52. The van der Waals surface area contributed by atoms with E-state index in [0.29, 0.717) is 29.2 Å². The van der Waals surface area contributed by atoms with Gasteiger partial charge in [0, 0.05) is 37.6 Å². The van der Waals surface area contributed by atoms with Crippen molar-refractivity contribution in [2.75, 3.05) is 26.2 Å². The second-order valence-corrected chi connectivity index (χ2v) is 11.5. The summed E-state index contributed by atoms with van der Waals surface area (Å²) in [4.78, 5) is 28.4. The summed E-state index contributed by atoms with van der Waals surface area (Å²) in [5, 5.41) is 0. The van der Waals surface area contributed by atoms with Crippen molar-refractivity contribution in [3.8, 4) is 0 Å². The number of carbonyl (C=O) groups is 1. The molecule has 3 aromatic rings. The van der Waals surface area contributed by atoms with E-state index in [-0.39, 0.29) is 28.8 Å². The number of benzene rings is 1. The molecule has 1 amide bonds. The van der Waals surface area contributed by atoms with Crippen LogP contribution in [0.15, 0.2) is 40.0 Å². The van der Waals surface area contributed by atoms with Crippen LogP contribution < -0.4 is 4.87 Å². The Bertz CT molecular complexity index is 1250. The monoisotopic (exact) mass is 465 g/mol. The Kier molecular flexibility index (Phi) is 5.84. The fourth-order valence-corrected chi connectivity index (χ4v) is 6.94. The van der Waals surface area contributed by atoms with Crippen molar-refractivity contribution in [1.82, 2.24) is 13.8 Å². The molecule has 7 nitrogen and oxygen atoms in total. The van der Waals surface area contributed by atoms with Crippen LogP contribution >= 0.6 is 22.7 Å². The first kappa shape index (κ1) is 21.2. The Morgan fingerprint density at radius 1 is 1.07 bits per heavy atom. The van der Waals surface area contributed by atoms with Crippen LogP contribution in [0.2, 0.25) is 0 Å². The van der Waals surface area contributed by atoms with Crippen LogP contribution in [0.5, 0.6) is 0 Å². The van der Waals surface area contributed by atoms with Gasteiger partial charge >= 0.3 is 4.87 Å². The van der Waals surface area contributed by atoms with E-state index in [1.165, 1.54) is 15.6 Å². The molecule has 0 spiro atoms. The molecule has 4 rings (SSSR count). The number of thiazole rings is 1. The maximum Gasteiger partial charge on any atom is 0.308 e. The lowest BCUT2D eigenvalue weighted by Crippen LogP contribution is -2.50. The molecule has 0 N–H and O–H groups in total. The molecular weight excluding hydrogens is 442 g/mol. The first-order chi connectivity index (χ1) is 14.3. The number of rotatable bonds is 5. The Morgan fingerprint density at radius 2 is 1.80 bits per heavy atom. The van der Waals surface area contributed by atoms with E-state index in [1.807, 2.05) is 26.0 Å². The van der Waals surface area contributed by atoms with Gasteiger partial charge in [-0.3, -0.25) is 14.2 Å². The molecule has 1 aliphatic rings. The Hall–Kier alpha value is -2.01. The molecule has 3 heterocycles. The van der Waals surface area contributed by atoms with E-state index in [9.17, 15) is 18.0 Å². The Labute approximate surface area is 183 Å². The fourth-order valence-electron chi connectivity index (χ4n) is 3.63. The van der Waals surface area contributed by atoms with Gasteiger partial charge in [0.25, 0.3) is 5.91 Å². The van der Waals surface area contributed by atoms with Crippen LogP contribution in [0.3, 0.4) is 0 Å². The average molecular weight is 466 g/mol. The second kappa shape index (κ2) is 8.26. The van der Waals surface area contributed by atoms with Crippen LogP contribution in [-0.2, 0) is 16.6 Å². The number of nitrogens with zero attached hydrogens (tertiary/aromatic N) is 3. The van der Waals surface area contributed by atoms with Crippen molar-refractivity contribution in [3.63, 3.8) is 0 Å². The topological polar surface area (TPSA) is 79.7 Å². The van der Waals surface area contributed by atoms with Crippen molar-refractivity contribution in [2.45, 2.75) is 31.7 Å². The van der Waals surface area contributed by atoms with Gasteiger partial charge < -0.3 is 4.90 Å². The summed E-state index contributed by atoms with van der Waals surface area (Å²) in [5.74, 6) is -0.0476. The van der Waals surface area contributed by atoms with Gasteiger partial charge in [0.2, 0.25) is 10.0 Å². The van der Waals surface area contributed by atoms with E-state index in [0.717, 1.165) is 28.2 Å². The highest BCUT2D eigenvalue weighted by molar-refractivity contribution is 7.89. The quantitative estimate of drug-likeness (QED) is 0.580. The lowest BCUT2D eigenvalue weighted by molar-refractivity contribution is 0.0703. The third-order valence-electron chi connectivity index (χ3n) is 5.20. The lowest BCUT2D eigenvalue weighted by atomic mass is 10.3. The SMILES string of the molecule is CCCn1c(=O)sc2cc(S(=O)(=O)N3CCN(C(=O)c4ccc(C)s4)CC3)ccc21. The minimum Gasteiger partial charge on any atom is -0.335 e. The van der Waals surface area contributed by atoms with E-state index in [2.05, 4.69) is 0 Å². The number of aromatic nitrogens is 1. The smallest absolute Gasteiger partial charge is 0.308 e. The molecule has 10 heteroatoms. The predicted octanol–water partition coefficient (Wildman–Crippen LogP) is 2.99. The van der Waals surface area contributed by atoms with Crippen LogP contribution in [0.25, 0.3) is 10.2 Å². The molecule has 0 atom stereocenters. The first-order valence-corrected chi connectivity index (χ1v) is 12.9. The molecule has 160 valence electrons. The molecule has 1 aromatic carbocycles. The highest BCUT2D eigenvalue weighted by atomic mass is 32.2. The van der Waals surface area contributed by atoms with Gasteiger partial charge in [-0.2, -0.15) is 4.31 Å². The average Bonchev–Trinajstić information content (AvgIpc) is 3.30. The molecule has 30 heavy (non-hydrogen) atoms. The van der Waals surface area contributed by atoms with E-state index in [4.69, 9.17) is 0 Å². The van der Waals surface area contributed by atoms with Crippen molar-refractivity contribution in [1.29, 1.82) is 0 Å². The van der Waals surface area contributed by atoms with Crippen molar-refractivity contribution >= 4 is 48.8 Å². The molecule has 0 unspecified atom stereocenters. The molecule has 1 saturated heterocycles. The van der Waals surface area contributed by atoms with Gasteiger partial charge in [-0.1, -0.05) is 18.3 Å². The molecular formula is C20H23N3O4S3. The number of hydrogen-bond donors (Lipinski definition) is 0. The maximum absolute atomic E-state index is 13.1. The molecule has 2 aromatic heterocycles. The predicted molar refractivity (Wildman–Crippen MR) is 120 cm³/mol. The number of aryl methyl sites for hydroxylation is 2. The number of fused-ring (bicyclic) bond motifs is 1. The molecule has 0 bridgehead atoms. The Balaban J connectivity index is 1.52. The summed E-state index contributed by atoms with van der Waals surface area (Å²) < 4.78 is 30.1. The van der Waals surface area contributed by atoms with E-state index in [1.54, 1.807) is 27.7 Å². The number of hydrogen-bond acceptors (Lipinski definition) is 6. The van der Waals surface area contributed by atoms with Gasteiger partial charge in [-0.05, 0) is 43.7 Å². The lowest BCUT2D eigenvalue weighted by Gasteiger charge is -2.33. The van der Waals surface area contributed by atoms with Gasteiger partial charge in [0.1, 0.15) is 0 Å². The van der Waals surface area contributed by atoms with Crippen LogP contribution in [0.1, 0.15) is 27.9 Å². The molecule has 0 aliphatic carbocycles. The summed E-state index contributed by atoms with van der Waals surface area (Å²) in [6, 6.07) is 8.61. The van der Waals surface area contributed by atoms with Gasteiger partial charge in [-0.15, -0.1) is 11.3 Å². The summed E-state index contributed by atoms with van der Waals surface area (Å²) in [6.07, 6.45) is 0.833. The maximum atomic E-state index is 13.1.